The molecule has 0 saturated carbocycles. The van der Waals surface area contributed by atoms with E-state index < -0.39 is 26.4 Å². The maximum Gasteiger partial charge on any atom is 0.505 e. The summed E-state index contributed by atoms with van der Waals surface area (Å²) in [4.78, 5) is 0. The number of rotatable bonds is 23. The molecule has 0 atom stereocenters. The van der Waals surface area contributed by atoms with Crippen LogP contribution in [-0.2, 0) is 58.7 Å². The van der Waals surface area contributed by atoms with Crippen molar-refractivity contribution in [3.05, 3.63) is 138 Å². The highest BCUT2D eigenvalue weighted by Crippen LogP contribution is 2.20. The second-order valence-corrected chi connectivity index (χ2v) is 20.6. The van der Waals surface area contributed by atoms with Crippen LogP contribution in [0.2, 0.25) is 12.1 Å². The van der Waals surface area contributed by atoms with Crippen LogP contribution in [0.4, 0.5) is 0 Å². The zero-order chi connectivity index (χ0) is 42.1. The molecule has 0 bridgehead atoms. The van der Waals surface area contributed by atoms with Crippen molar-refractivity contribution < 1.29 is 44.9 Å². The van der Waals surface area contributed by atoms with Crippen molar-refractivity contribution in [2.75, 3.05) is 61.0 Å². The summed E-state index contributed by atoms with van der Waals surface area (Å²) in [6, 6.07) is 42.0. The molecule has 4 rings (SSSR count). The van der Waals surface area contributed by atoms with Gasteiger partial charge in [0, 0.05) is 79.1 Å². The van der Waals surface area contributed by atoms with E-state index in [-0.39, 0.29) is 0 Å². The van der Waals surface area contributed by atoms with E-state index in [2.05, 4.69) is 48.5 Å². The molecule has 4 aromatic carbocycles. The van der Waals surface area contributed by atoms with Crippen LogP contribution in [-0.4, -0.2) is 92.5 Å². The fourth-order valence-electron chi connectivity index (χ4n) is 5.65. The molecule has 13 heteroatoms. The highest BCUT2D eigenvalue weighted by Gasteiger charge is 2.41. The molecule has 0 aromatic heterocycles. The predicted molar refractivity (Wildman–Crippen MR) is 236 cm³/mol. The van der Waals surface area contributed by atoms with Crippen molar-refractivity contribution in [3.8, 4) is 5.75 Å². The number of phenolic OH excluding ortho intramolecular Hbond substituents is 1. The minimum Gasteiger partial charge on any atom is -0.508 e. The van der Waals surface area contributed by atoms with Crippen molar-refractivity contribution in [3.63, 3.8) is 0 Å². The summed E-state index contributed by atoms with van der Waals surface area (Å²) in [6.45, 7) is 15.7. The van der Waals surface area contributed by atoms with Gasteiger partial charge in [-0.25, -0.2) is 0 Å². The number of para-hydroxylation sites is 1. The van der Waals surface area contributed by atoms with Crippen molar-refractivity contribution in [1.29, 1.82) is 0 Å². The van der Waals surface area contributed by atoms with Crippen molar-refractivity contribution in [2.24, 2.45) is 0 Å². The molecule has 1 N–H and O–H groups in total. The maximum atomic E-state index is 8.63. The highest BCUT2D eigenvalue weighted by molar-refractivity contribution is 6.61. The van der Waals surface area contributed by atoms with Crippen LogP contribution in [0, 0.1) is 0 Å². The Kier molecular flexibility index (Phi) is 29.1. The quantitative estimate of drug-likeness (QED) is 0.0727. The summed E-state index contributed by atoms with van der Waals surface area (Å²) in [7, 11) is -2.49. The van der Waals surface area contributed by atoms with Gasteiger partial charge < -0.3 is 44.9 Å². The molecule has 57 heavy (non-hydrogen) atoms. The first kappa shape index (κ1) is 52.0. The third-order valence-corrected chi connectivity index (χ3v) is 17.1. The molecular weight excluding hydrogens is 773 g/mol. The molecule has 0 heterocycles. The van der Waals surface area contributed by atoms with Crippen molar-refractivity contribution >= 4 is 26.4 Å². The molecule has 0 saturated heterocycles. The largest absolute Gasteiger partial charge is 0.508 e. The fraction of sp³-hybridized carbons (Fsp3) is 0.455. The molecule has 0 fully saturated rings. The van der Waals surface area contributed by atoms with Gasteiger partial charge in [-0.05, 0) is 83.2 Å². The average molecular weight is 843 g/mol. The lowest BCUT2D eigenvalue weighted by atomic mass is 10.2. The molecule has 0 unspecified atom stereocenters. The minimum atomic E-state index is -2.54. The third kappa shape index (κ3) is 22.1. The van der Waals surface area contributed by atoms with E-state index in [1.165, 1.54) is 16.7 Å². The summed E-state index contributed by atoms with van der Waals surface area (Å²) in [5.74, 6) is 0.322. The summed E-state index contributed by atoms with van der Waals surface area (Å²) < 4.78 is 51.0. The molecule has 318 valence electrons. The van der Waals surface area contributed by atoms with Crippen LogP contribution in [0.15, 0.2) is 121 Å². The zero-order valence-corrected chi connectivity index (χ0v) is 38.9. The Labute approximate surface area is 347 Å². The van der Waals surface area contributed by atoms with E-state index in [1.807, 2.05) is 90.1 Å². The third-order valence-electron chi connectivity index (χ3n) is 8.26. The molecule has 0 aliphatic rings. The van der Waals surface area contributed by atoms with Crippen LogP contribution in [0.5, 0.6) is 5.75 Å². The SMILES string of the molecule is CCO[Si](CCc1ccccc1)(OCC)OCC.CCO[Si](Cc1ccccc1)(OCC)OCC.CO[Si](CCc1ccccc1)(OC)OC.Oc1ccccc1. The van der Waals surface area contributed by atoms with Crippen molar-refractivity contribution in [1.82, 2.24) is 0 Å². The second kappa shape index (κ2) is 31.9. The summed E-state index contributed by atoms with van der Waals surface area (Å²) in [5, 5.41) is 8.63. The van der Waals surface area contributed by atoms with Gasteiger partial charge in [-0.15, -0.1) is 0 Å². The number of aromatic hydroxyl groups is 1. The van der Waals surface area contributed by atoms with E-state index in [0.717, 1.165) is 31.0 Å². The number of hydrogen-bond donors (Lipinski definition) is 1. The smallest absolute Gasteiger partial charge is 0.505 e. The lowest BCUT2D eigenvalue weighted by molar-refractivity contribution is 0.0699. The number of benzene rings is 4. The van der Waals surface area contributed by atoms with Gasteiger partial charge in [0.2, 0.25) is 0 Å². The van der Waals surface area contributed by atoms with Crippen LogP contribution in [0.3, 0.4) is 0 Å². The van der Waals surface area contributed by atoms with Crippen molar-refractivity contribution in [2.45, 2.75) is 72.5 Å². The van der Waals surface area contributed by atoms with E-state index in [9.17, 15) is 0 Å². The van der Waals surface area contributed by atoms with Gasteiger partial charge >= 0.3 is 26.4 Å². The topological polar surface area (TPSA) is 103 Å². The standard InChI is InChI=1S/C14H24O3Si.C13H22O3Si.C11H18O3Si.C6H6O/c1-4-15-18(16-5-2,17-6-3)13-12-14-10-8-7-9-11-14;1-4-14-17(15-5-2,16-6-3)12-13-10-8-7-9-11-13;1-12-15(13-2,14-3)10-9-11-7-5-4-6-8-11;7-6-4-2-1-3-5-6/h7-11H,4-6,12-13H2,1-3H3;7-11H,4-6,12H2,1-3H3;4-8H,9-10H2,1-3H3;1-5,7H. The predicted octanol–water partition coefficient (Wildman–Crippen LogP) is 9.59. The maximum absolute atomic E-state index is 8.63. The Bertz CT molecular complexity index is 1430. The average Bonchev–Trinajstić information content (AvgIpc) is 3.24. The first-order valence-electron chi connectivity index (χ1n) is 20.0. The monoisotopic (exact) mass is 842 g/mol. The highest BCUT2D eigenvalue weighted by atomic mass is 28.4. The van der Waals surface area contributed by atoms with Gasteiger partial charge in [0.25, 0.3) is 0 Å². The van der Waals surface area contributed by atoms with Gasteiger partial charge in [0.15, 0.2) is 0 Å². The zero-order valence-electron chi connectivity index (χ0n) is 35.9. The van der Waals surface area contributed by atoms with Crippen LogP contribution in [0.1, 0.15) is 58.2 Å². The summed E-state index contributed by atoms with van der Waals surface area (Å²) in [5.41, 5.74) is 3.78. The number of hydrogen-bond acceptors (Lipinski definition) is 10. The lowest BCUT2D eigenvalue weighted by Gasteiger charge is -2.28. The number of aryl methyl sites for hydroxylation is 2. The number of phenols is 1. The Balaban J connectivity index is 0.000000394. The molecule has 0 spiro atoms. The van der Waals surface area contributed by atoms with E-state index >= 15 is 0 Å². The van der Waals surface area contributed by atoms with Crippen LogP contribution in [0.25, 0.3) is 0 Å². The molecule has 4 aromatic rings. The van der Waals surface area contributed by atoms with Crippen LogP contribution >= 0.6 is 0 Å². The summed E-state index contributed by atoms with van der Waals surface area (Å²) in [6.07, 6.45) is 1.86. The molecule has 0 aliphatic carbocycles. The second-order valence-electron chi connectivity index (χ2n) is 12.2. The van der Waals surface area contributed by atoms with Gasteiger partial charge in [-0.1, -0.05) is 109 Å². The first-order chi connectivity index (χ1) is 27.7. The molecule has 0 amide bonds. The van der Waals surface area contributed by atoms with Gasteiger partial charge in [-0.3, -0.25) is 0 Å². The van der Waals surface area contributed by atoms with Gasteiger partial charge in [0.05, 0.1) is 0 Å². The van der Waals surface area contributed by atoms with E-state index in [0.29, 0.717) is 45.4 Å². The normalized spacial score (nSPS) is 11.3. The molecule has 0 radical (unpaired) electrons. The Morgan fingerprint density at radius 2 is 0.649 bits per heavy atom. The Morgan fingerprint density at radius 3 is 0.930 bits per heavy atom. The Hall–Kier alpha value is -3.03. The fourth-order valence-corrected chi connectivity index (χ4v) is 12.6. The summed E-state index contributed by atoms with van der Waals surface area (Å²) >= 11 is 0. The minimum absolute atomic E-state index is 0.322. The Morgan fingerprint density at radius 1 is 0.368 bits per heavy atom. The van der Waals surface area contributed by atoms with E-state index in [4.69, 9.17) is 44.9 Å². The molecule has 0 aliphatic heterocycles. The first-order valence-corrected chi connectivity index (χ1v) is 25.8. The molecular formula is C44H70O10Si3. The van der Waals surface area contributed by atoms with Gasteiger partial charge in [0.1, 0.15) is 5.75 Å². The van der Waals surface area contributed by atoms with Crippen LogP contribution < -0.4 is 0 Å². The lowest BCUT2D eigenvalue weighted by Crippen LogP contribution is -2.48. The van der Waals surface area contributed by atoms with E-state index in [1.54, 1.807) is 45.6 Å². The molecule has 10 nitrogen and oxygen atoms in total. The van der Waals surface area contributed by atoms with Gasteiger partial charge in [-0.2, -0.15) is 0 Å².